The van der Waals surface area contributed by atoms with Crippen molar-refractivity contribution in [2.45, 2.75) is 58.2 Å². The molecule has 2 N–H and O–H groups in total. The van der Waals surface area contributed by atoms with Crippen molar-refractivity contribution in [1.82, 2.24) is 10.2 Å². The molecule has 0 bridgehead atoms. The zero-order valence-corrected chi connectivity index (χ0v) is 14.8. The van der Waals surface area contributed by atoms with Crippen LogP contribution < -0.4 is 10.6 Å². The van der Waals surface area contributed by atoms with Gasteiger partial charge in [0.1, 0.15) is 0 Å². The third kappa shape index (κ3) is 3.90. The molecule has 2 aliphatic heterocycles. The highest BCUT2D eigenvalue weighted by atomic mass is 16.5. The average Bonchev–Trinajstić information content (AvgIpc) is 3.14. The standard InChI is InChI=1S/C19H29N3O2/c1-3-16(18-9-6-12-24-18)20-19(23)21-17-8-5-7-14-13-22(4-2)11-10-15(14)17/h5,7-8,16,18H,3-4,6,9-13H2,1-2H3,(H2,20,21,23). The Kier molecular flexibility index (Phi) is 5.74. The summed E-state index contributed by atoms with van der Waals surface area (Å²) < 4.78 is 5.72. The number of ether oxygens (including phenoxy) is 1. The molecule has 1 fully saturated rings. The highest BCUT2D eigenvalue weighted by Gasteiger charge is 2.26. The van der Waals surface area contributed by atoms with Crippen LogP contribution in [0, 0.1) is 0 Å². The Balaban J connectivity index is 1.64. The molecule has 2 unspecified atom stereocenters. The van der Waals surface area contributed by atoms with Crippen LogP contribution in [-0.4, -0.2) is 42.8 Å². The van der Waals surface area contributed by atoms with Crippen LogP contribution in [-0.2, 0) is 17.7 Å². The number of carbonyl (C=O) groups excluding carboxylic acids is 1. The van der Waals surface area contributed by atoms with Crippen LogP contribution in [0.5, 0.6) is 0 Å². The van der Waals surface area contributed by atoms with E-state index in [0.29, 0.717) is 0 Å². The van der Waals surface area contributed by atoms with Crippen LogP contribution in [0.3, 0.4) is 0 Å². The quantitative estimate of drug-likeness (QED) is 0.871. The minimum Gasteiger partial charge on any atom is -0.376 e. The van der Waals surface area contributed by atoms with Gasteiger partial charge in [0.2, 0.25) is 0 Å². The second-order valence-corrected chi connectivity index (χ2v) is 6.73. The summed E-state index contributed by atoms with van der Waals surface area (Å²) in [5.74, 6) is 0. The van der Waals surface area contributed by atoms with Crippen LogP contribution in [0.15, 0.2) is 18.2 Å². The first-order chi connectivity index (χ1) is 11.7. The number of fused-ring (bicyclic) bond motifs is 1. The fourth-order valence-corrected chi connectivity index (χ4v) is 3.76. The van der Waals surface area contributed by atoms with E-state index in [-0.39, 0.29) is 18.2 Å². The van der Waals surface area contributed by atoms with Gasteiger partial charge in [0.15, 0.2) is 0 Å². The number of urea groups is 1. The number of hydrogen-bond acceptors (Lipinski definition) is 3. The number of nitrogens with zero attached hydrogens (tertiary/aromatic N) is 1. The maximum absolute atomic E-state index is 12.5. The first kappa shape index (κ1) is 17.2. The van der Waals surface area contributed by atoms with E-state index in [9.17, 15) is 4.79 Å². The van der Waals surface area contributed by atoms with Gasteiger partial charge in [-0.15, -0.1) is 0 Å². The number of benzene rings is 1. The lowest BCUT2D eigenvalue weighted by Gasteiger charge is -2.29. The maximum Gasteiger partial charge on any atom is 0.319 e. The van der Waals surface area contributed by atoms with E-state index in [1.165, 1.54) is 11.1 Å². The van der Waals surface area contributed by atoms with E-state index in [1.54, 1.807) is 0 Å². The lowest BCUT2D eigenvalue weighted by Crippen LogP contribution is -2.44. The lowest BCUT2D eigenvalue weighted by atomic mass is 9.98. The number of amides is 2. The summed E-state index contributed by atoms with van der Waals surface area (Å²) in [5.41, 5.74) is 3.55. The number of hydrogen-bond donors (Lipinski definition) is 2. The molecule has 0 aliphatic carbocycles. The number of rotatable bonds is 5. The minimum atomic E-state index is -0.122. The minimum absolute atomic E-state index is 0.0858. The van der Waals surface area contributed by atoms with Gasteiger partial charge in [-0.1, -0.05) is 26.0 Å². The van der Waals surface area contributed by atoms with E-state index in [2.05, 4.69) is 35.4 Å². The molecule has 5 nitrogen and oxygen atoms in total. The van der Waals surface area contributed by atoms with Crippen LogP contribution in [0.25, 0.3) is 0 Å². The number of carbonyl (C=O) groups is 1. The van der Waals surface area contributed by atoms with E-state index in [0.717, 1.165) is 57.6 Å². The normalized spacial score (nSPS) is 22.0. The zero-order chi connectivity index (χ0) is 16.9. The number of nitrogens with one attached hydrogen (secondary N) is 2. The van der Waals surface area contributed by atoms with Crippen molar-refractivity contribution in [2.24, 2.45) is 0 Å². The Hall–Kier alpha value is -1.59. The van der Waals surface area contributed by atoms with Crippen molar-refractivity contribution < 1.29 is 9.53 Å². The first-order valence-corrected chi connectivity index (χ1v) is 9.23. The molecule has 0 radical (unpaired) electrons. The maximum atomic E-state index is 12.5. The van der Waals surface area contributed by atoms with Crippen LogP contribution in [0.4, 0.5) is 10.5 Å². The Labute approximate surface area is 144 Å². The van der Waals surface area contributed by atoms with E-state index < -0.39 is 0 Å². The molecule has 3 rings (SSSR count). The van der Waals surface area contributed by atoms with Crippen molar-refractivity contribution in [1.29, 1.82) is 0 Å². The topological polar surface area (TPSA) is 53.6 Å². The molecule has 1 aromatic rings. The van der Waals surface area contributed by atoms with E-state index in [1.807, 2.05) is 12.1 Å². The van der Waals surface area contributed by atoms with E-state index in [4.69, 9.17) is 4.74 Å². The molecule has 132 valence electrons. The summed E-state index contributed by atoms with van der Waals surface area (Å²) in [6, 6.07) is 6.17. The summed E-state index contributed by atoms with van der Waals surface area (Å²) >= 11 is 0. The predicted molar refractivity (Wildman–Crippen MR) is 96.3 cm³/mol. The fourth-order valence-electron chi connectivity index (χ4n) is 3.76. The van der Waals surface area contributed by atoms with Gasteiger partial charge in [0, 0.05) is 25.4 Å². The van der Waals surface area contributed by atoms with Crippen molar-refractivity contribution in [3.05, 3.63) is 29.3 Å². The Morgan fingerprint density at radius 3 is 3.00 bits per heavy atom. The van der Waals surface area contributed by atoms with Gasteiger partial charge in [0.25, 0.3) is 0 Å². The first-order valence-electron chi connectivity index (χ1n) is 9.23. The molecule has 1 aromatic carbocycles. The van der Waals surface area contributed by atoms with Crippen molar-refractivity contribution in [2.75, 3.05) is 25.0 Å². The second kappa shape index (κ2) is 7.99. The Morgan fingerprint density at radius 1 is 1.42 bits per heavy atom. The summed E-state index contributed by atoms with van der Waals surface area (Å²) in [6.07, 6.45) is 4.15. The molecule has 24 heavy (non-hydrogen) atoms. The van der Waals surface area contributed by atoms with Crippen molar-refractivity contribution in [3.8, 4) is 0 Å². The van der Waals surface area contributed by atoms with Gasteiger partial charge in [-0.05, 0) is 49.4 Å². The zero-order valence-electron chi connectivity index (χ0n) is 14.8. The van der Waals surface area contributed by atoms with Gasteiger partial charge < -0.3 is 15.4 Å². The van der Waals surface area contributed by atoms with Crippen molar-refractivity contribution in [3.63, 3.8) is 0 Å². The highest BCUT2D eigenvalue weighted by Crippen LogP contribution is 2.26. The molecule has 0 saturated carbocycles. The fraction of sp³-hybridized carbons (Fsp3) is 0.632. The molecule has 1 saturated heterocycles. The van der Waals surface area contributed by atoms with Crippen LogP contribution >= 0.6 is 0 Å². The predicted octanol–water partition coefficient (Wildman–Crippen LogP) is 3.14. The Morgan fingerprint density at radius 2 is 2.29 bits per heavy atom. The third-order valence-corrected chi connectivity index (χ3v) is 5.21. The van der Waals surface area contributed by atoms with Gasteiger partial charge in [-0.3, -0.25) is 4.90 Å². The van der Waals surface area contributed by atoms with Crippen molar-refractivity contribution >= 4 is 11.7 Å². The third-order valence-electron chi connectivity index (χ3n) is 5.21. The van der Waals surface area contributed by atoms with Gasteiger partial charge in [-0.2, -0.15) is 0 Å². The molecular formula is C19H29N3O2. The average molecular weight is 331 g/mol. The second-order valence-electron chi connectivity index (χ2n) is 6.73. The number of anilines is 1. The molecule has 0 spiro atoms. The van der Waals surface area contributed by atoms with Gasteiger partial charge in [0.05, 0.1) is 12.1 Å². The molecule has 5 heteroatoms. The van der Waals surface area contributed by atoms with Gasteiger partial charge >= 0.3 is 6.03 Å². The Bertz CT molecular complexity index is 570. The number of likely N-dealkylation sites (N-methyl/N-ethyl adjacent to an activating group) is 1. The van der Waals surface area contributed by atoms with Gasteiger partial charge in [-0.25, -0.2) is 4.79 Å². The lowest BCUT2D eigenvalue weighted by molar-refractivity contribution is 0.0804. The monoisotopic (exact) mass is 331 g/mol. The van der Waals surface area contributed by atoms with Crippen LogP contribution in [0.2, 0.25) is 0 Å². The molecular weight excluding hydrogens is 302 g/mol. The molecule has 2 atom stereocenters. The smallest absolute Gasteiger partial charge is 0.319 e. The molecule has 2 amide bonds. The molecule has 2 heterocycles. The summed E-state index contributed by atoms with van der Waals surface area (Å²) in [5, 5.41) is 6.17. The summed E-state index contributed by atoms with van der Waals surface area (Å²) in [6.45, 7) is 8.18. The SMILES string of the molecule is CCC(NC(=O)Nc1cccc2c1CCN(CC)C2)C1CCCO1. The molecule has 0 aromatic heterocycles. The van der Waals surface area contributed by atoms with E-state index >= 15 is 0 Å². The summed E-state index contributed by atoms with van der Waals surface area (Å²) in [4.78, 5) is 14.9. The largest absolute Gasteiger partial charge is 0.376 e. The summed E-state index contributed by atoms with van der Waals surface area (Å²) in [7, 11) is 0. The highest BCUT2D eigenvalue weighted by molar-refractivity contribution is 5.90. The molecule has 2 aliphatic rings. The van der Waals surface area contributed by atoms with Crippen LogP contribution in [0.1, 0.15) is 44.2 Å².